The van der Waals surface area contributed by atoms with Crippen LogP contribution in [0, 0.1) is 6.92 Å². The highest BCUT2D eigenvalue weighted by Gasteiger charge is 2.21. The van der Waals surface area contributed by atoms with Crippen LogP contribution in [0.3, 0.4) is 0 Å². The Morgan fingerprint density at radius 1 is 1.12 bits per heavy atom. The molecule has 0 aliphatic heterocycles. The summed E-state index contributed by atoms with van der Waals surface area (Å²) in [6.07, 6.45) is 0.942. The minimum absolute atomic E-state index is 0.819. The summed E-state index contributed by atoms with van der Waals surface area (Å²) >= 11 is 6.31. The molecule has 0 bridgehead atoms. The summed E-state index contributed by atoms with van der Waals surface area (Å²) in [5.41, 5.74) is 12.8. The highest BCUT2D eigenvalue weighted by atomic mass is 35.5. The number of hydrogen-bond acceptors (Lipinski definition) is 1. The van der Waals surface area contributed by atoms with E-state index in [1.54, 1.807) is 0 Å². The Bertz CT molecular complexity index is 588. The smallest absolute Gasteiger partial charge is 0.0490 e. The third kappa shape index (κ3) is 1.32. The van der Waals surface area contributed by atoms with Gasteiger partial charge in [0.05, 0.1) is 0 Å². The van der Waals surface area contributed by atoms with E-state index in [-0.39, 0.29) is 0 Å². The molecule has 3 rings (SSSR count). The van der Waals surface area contributed by atoms with Crippen LogP contribution in [-0.4, -0.2) is 0 Å². The molecule has 80 valence electrons. The first-order valence-electron chi connectivity index (χ1n) is 5.33. The van der Waals surface area contributed by atoms with Crippen molar-refractivity contribution in [2.45, 2.75) is 13.3 Å². The molecule has 0 radical (unpaired) electrons. The van der Waals surface area contributed by atoms with Gasteiger partial charge < -0.3 is 5.73 Å². The predicted molar refractivity (Wildman–Crippen MR) is 68.8 cm³/mol. The van der Waals surface area contributed by atoms with Gasteiger partial charge >= 0.3 is 0 Å². The Balaban J connectivity index is 2.29. The Kier molecular flexibility index (Phi) is 1.98. The number of anilines is 1. The van der Waals surface area contributed by atoms with E-state index in [9.17, 15) is 0 Å². The standard InChI is InChI=1S/C14H12ClN/c1-8-4-10-6-9-7-11(16)2-3-12(9)14(10)13(15)5-8/h2-5,7H,6,16H2,1H3. The normalized spacial score (nSPS) is 12.4. The van der Waals surface area contributed by atoms with Crippen LogP contribution in [0.2, 0.25) is 5.02 Å². The molecule has 0 heterocycles. The molecule has 0 aromatic heterocycles. The van der Waals surface area contributed by atoms with E-state index < -0.39 is 0 Å². The molecule has 2 N–H and O–H groups in total. The van der Waals surface area contributed by atoms with Crippen molar-refractivity contribution in [2.75, 3.05) is 5.73 Å². The topological polar surface area (TPSA) is 26.0 Å². The van der Waals surface area contributed by atoms with Crippen molar-refractivity contribution in [1.29, 1.82) is 0 Å². The summed E-state index contributed by atoms with van der Waals surface area (Å²) in [5, 5.41) is 0.846. The van der Waals surface area contributed by atoms with Crippen LogP contribution in [-0.2, 0) is 6.42 Å². The van der Waals surface area contributed by atoms with E-state index in [0.29, 0.717) is 0 Å². The van der Waals surface area contributed by atoms with Crippen LogP contribution < -0.4 is 5.73 Å². The van der Waals surface area contributed by atoms with Gasteiger partial charge in [-0.2, -0.15) is 0 Å². The maximum atomic E-state index is 6.31. The lowest BCUT2D eigenvalue weighted by Crippen LogP contribution is -1.86. The molecular formula is C14H12ClN. The molecule has 0 amide bonds. The van der Waals surface area contributed by atoms with E-state index in [1.807, 2.05) is 18.2 Å². The second-order valence-corrected chi connectivity index (χ2v) is 4.78. The second kappa shape index (κ2) is 3.26. The van der Waals surface area contributed by atoms with Crippen LogP contribution in [0.5, 0.6) is 0 Å². The molecule has 2 heteroatoms. The van der Waals surface area contributed by atoms with Crippen LogP contribution in [0.15, 0.2) is 30.3 Å². The number of fused-ring (bicyclic) bond motifs is 3. The Morgan fingerprint density at radius 2 is 1.94 bits per heavy atom. The third-order valence-electron chi connectivity index (χ3n) is 3.10. The number of halogens is 1. The maximum Gasteiger partial charge on any atom is 0.0490 e. The molecule has 1 aliphatic rings. The Labute approximate surface area is 99.9 Å². The molecule has 0 saturated carbocycles. The van der Waals surface area contributed by atoms with Gasteiger partial charge in [-0.3, -0.25) is 0 Å². The first kappa shape index (κ1) is 9.73. The van der Waals surface area contributed by atoms with E-state index in [2.05, 4.69) is 19.1 Å². The molecule has 0 fully saturated rings. The number of nitrogens with two attached hydrogens (primary N) is 1. The predicted octanol–water partition coefficient (Wildman–Crippen LogP) is 3.80. The highest BCUT2D eigenvalue weighted by molar-refractivity contribution is 6.33. The maximum absolute atomic E-state index is 6.31. The first-order valence-corrected chi connectivity index (χ1v) is 5.71. The summed E-state index contributed by atoms with van der Waals surface area (Å²) in [5.74, 6) is 0. The van der Waals surface area contributed by atoms with Crippen LogP contribution in [0.4, 0.5) is 5.69 Å². The van der Waals surface area contributed by atoms with Crippen molar-refractivity contribution in [3.63, 3.8) is 0 Å². The molecule has 0 unspecified atom stereocenters. The minimum Gasteiger partial charge on any atom is -0.399 e. The van der Waals surface area contributed by atoms with Gasteiger partial charge in [0.1, 0.15) is 0 Å². The van der Waals surface area contributed by atoms with Gasteiger partial charge in [-0.25, -0.2) is 0 Å². The fourth-order valence-corrected chi connectivity index (χ4v) is 2.86. The van der Waals surface area contributed by atoms with E-state index in [0.717, 1.165) is 17.1 Å². The molecular weight excluding hydrogens is 218 g/mol. The van der Waals surface area contributed by atoms with E-state index >= 15 is 0 Å². The zero-order valence-corrected chi connectivity index (χ0v) is 9.81. The van der Waals surface area contributed by atoms with Gasteiger partial charge in [-0.1, -0.05) is 23.7 Å². The van der Waals surface area contributed by atoms with Crippen molar-refractivity contribution in [3.8, 4) is 11.1 Å². The number of nitrogen functional groups attached to an aromatic ring is 1. The number of benzene rings is 2. The van der Waals surface area contributed by atoms with Crippen molar-refractivity contribution >= 4 is 17.3 Å². The molecule has 2 aromatic carbocycles. The second-order valence-electron chi connectivity index (χ2n) is 4.37. The average Bonchev–Trinajstić information content (AvgIpc) is 2.54. The Hall–Kier alpha value is -1.47. The molecule has 16 heavy (non-hydrogen) atoms. The highest BCUT2D eigenvalue weighted by Crippen LogP contribution is 2.42. The molecule has 1 aliphatic carbocycles. The van der Waals surface area contributed by atoms with Crippen LogP contribution >= 0.6 is 11.6 Å². The fraction of sp³-hybridized carbons (Fsp3) is 0.143. The lowest BCUT2D eigenvalue weighted by Gasteiger charge is -2.05. The van der Waals surface area contributed by atoms with Gasteiger partial charge in [0.15, 0.2) is 0 Å². The summed E-state index contributed by atoms with van der Waals surface area (Å²) < 4.78 is 0. The summed E-state index contributed by atoms with van der Waals surface area (Å²) in [7, 11) is 0. The summed E-state index contributed by atoms with van der Waals surface area (Å²) in [6.45, 7) is 2.07. The molecule has 2 aromatic rings. The van der Waals surface area contributed by atoms with Crippen LogP contribution in [0.1, 0.15) is 16.7 Å². The number of rotatable bonds is 0. The summed E-state index contributed by atoms with van der Waals surface area (Å²) in [4.78, 5) is 0. The van der Waals surface area contributed by atoms with Gasteiger partial charge in [0, 0.05) is 16.3 Å². The zero-order valence-electron chi connectivity index (χ0n) is 9.05. The largest absolute Gasteiger partial charge is 0.399 e. The zero-order chi connectivity index (χ0) is 11.3. The minimum atomic E-state index is 0.819. The van der Waals surface area contributed by atoms with Gasteiger partial charge in [-0.15, -0.1) is 0 Å². The van der Waals surface area contributed by atoms with Crippen molar-refractivity contribution in [1.82, 2.24) is 0 Å². The Morgan fingerprint density at radius 3 is 2.75 bits per heavy atom. The van der Waals surface area contributed by atoms with E-state index in [4.69, 9.17) is 17.3 Å². The monoisotopic (exact) mass is 229 g/mol. The molecule has 0 spiro atoms. The first-order chi connectivity index (χ1) is 7.65. The number of aryl methyl sites for hydroxylation is 1. The molecule has 0 saturated heterocycles. The molecule has 1 nitrogen and oxygen atoms in total. The average molecular weight is 230 g/mol. The van der Waals surface area contributed by atoms with Crippen molar-refractivity contribution in [3.05, 3.63) is 52.0 Å². The number of hydrogen-bond donors (Lipinski definition) is 1. The van der Waals surface area contributed by atoms with Crippen molar-refractivity contribution in [2.24, 2.45) is 0 Å². The SMILES string of the molecule is Cc1cc(Cl)c2c(c1)Cc1cc(N)ccc1-2. The van der Waals surface area contributed by atoms with Crippen molar-refractivity contribution < 1.29 is 0 Å². The van der Waals surface area contributed by atoms with Gasteiger partial charge in [0.25, 0.3) is 0 Å². The van der Waals surface area contributed by atoms with Crippen LogP contribution in [0.25, 0.3) is 11.1 Å². The quantitative estimate of drug-likeness (QED) is 0.583. The summed E-state index contributed by atoms with van der Waals surface area (Å²) in [6, 6.07) is 10.3. The lowest BCUT2D eigenvalue weighted by atomic mass is 10.0. The van der Waals surface area contributed by atoms with Gasteiger partial charge in [0.2, 0.25) is 0 Å². The van der Waals surface area contributed by atoms with E-state index in [1.165, 1.54) is 27.8 Å². The lowest BCUT2D eigenvalue weighted by molar-refractivity contribution is 1.25. The third-order valence-corrected chi connectivity index (χ3v) is 3.39. The fourth-order valence-electron chi connectivity index (χ4n) is 2.46. The molecule has 0 atom stereocenters. The van der Waals surface area contributed by atoms with Gasteiger partial charge in [-0.05, 0) is 53.8 Å².